The van der Waals surface area contributed by atoms with Crippen molar-refractivity contribution < 1.29 is 9.59 Å². The van der Waals surface area contributed by atoms with Crippen LogP contribution < -0.4 is 5.32 Å². The molecule has 114 valence electrons. The Morgan fingerprint density at radius 3 is 2.50 bits per heavy atom. The van der Waals surface area contributed by atoms with Gasteiger partial charge in [0.2, 0.25) is 11.8 Å². The first-order valence-electron chi connectivity index (χ1n) is 8.05. The average molecular weight is 280 g/mol. The third-order valence-corrected chi connectivity index (χ3v) is 5.15. The van der Waals surface area contributed by atoms with Crippen molar-refractivity contribution in [1.82, 2.24) is 10.2 Å². The van der Waals surface area contributed by atoms with Crippen molar-refractivity contribution in [2.45, 2.75) is 71.9 Å². The van der Waals surface area contributed by atoms with E-state index in [2.05, 4.69) is 19.2 Å². The second kappa shape index (κ2) is 5.74. The van der Waals surface area contributed by atoms with E-state index in [1.54, 1.807) is 0 Å². The Kier molecular flexibility index (Phi) is 4.40. The summed E-state index contributed by atoms with van der Waals surface area (Å²) in [5.41, 5.74) is 0.302. The molecule has 1 saturated heterocycles. The minimum absolute atomic E-state index is 0.00204. The molecule has 0 bridgehead atoms. The summed E-state index contributed by atoms with van der Waals surface area (Å²) in [5, 5.41) is 2.90. The molecule has 2 fully saturated rings. The highest BCUT2D eigenvalue weighted by Crippen LogP contribution is 2.50. The summed E-state index contributed by atoms with van der Waals surface area (Å²) in [4.78, 5) is 26.7. The highest BCUT2D eigenvalue weighted by Gasteiger charge is 2.48. The van der Waals surface area contributed by atoms with Crippen molar-refractivity contribution in [2.24, 2.45) is 11.3 Å². The maximum Gasteiger partial charge on any atom is 0.246 e. The highest BCUT2D eigenvalue weighted by atomic mass is 16.2. The van der Waals surface area contributed by atoms with Gasteiger partial charge in [-0.15, -0.1) is 0 Å². The van der Waals surface area contributed by atoms with Crippen molar-refractivity contribution in [2.75, 3.05) is 6.54 Å². The molecule has 20 heavy (non-hydrogen) atoms. The van der Waals surface area contributed by atoms with Gasteiger partial charge in [0.15, 0.2) is 0 Å². The predicted molar refractivity (Wildman–Crippen MR) is 79.1 cm³/mol. The van der Waals surface area contributed by atoms with E-state index in [1.165, 1.54) is 19.3 Å². The molecular weight excluding hydrogens is 252 g/mol. The Morgan fingerprint density at radius 2 is 2.00 bits per heavy atom. The molecule has 1 N–H and O–H groups in total. The lowest BCUT2D eigenvalue weighted by Gasteiger charge is -2.41. The lowest BCUT2D eigenvalue weighted by molar-refractivity contribution is -0.151. The van der Waals surface area contributed by atoms with E-state index in [9.17, 15) is 9.59 Å². The van der Waals surface area contributed by atoms with Crippen molar-refractivity contribution in [3.05, 3.63) is 0 Å². The topological polar surface area (TPSA) is 49.4 Å². The van der Waals surface area contributed by atoms with E-state index in [0.29, 0.717) is 5.41 Å². The molecule has 1 aliphatic carbocycles. The zero-order valence-electron chi connectivity index (χ0n) is 13.2. The van der Waals surface area contributed by atoms with Gasteiger partial charge in [-0.25, -0.2) is 0 Å². The zero-order chi connectivity index (χ0) is 14.9. The fourth-order valence-electron chi connectivity index (χ4n) is 3.24. The molecule has 2 rings (SSSR count). The van der Waals surface area contributed by atoms with Crippen LogP contribution in [0.15, 0.2) is 0 Å². The maximum absolute atomic E-state index is 12.7. The molecular formula is C16H28N2O2. The van der Waals surface area contributed by atoms with Gasteiger partial charge >= 0.3 is 0 Å². The lowest BCUT2D eigenvalue weighted by atomic mass is 9.92. The fourth-order valence-corrected chi connectivity index (χ4v) is 3.24. The summed E-state index contributed by atoms with van der Waals surface area (Å²) in [6, 6.07) is -0.654. The monoisotopic (exact) mass is 280 g/mol. The van der Waals surface area contributed by atoms with Gasteiger partial charge in [0.25, 0.3) is 0 Å². The number of nitrogens with zero attached hydrogens (tertiary/aromatic N) is 1. The van der Waals surface area contributed by atoms with Crippen LogP contribution in [0.25, 0.3) is 0 Å². The first-order valence-corrected chi connectivity index (χ1v) is 8.05. The van der Waals surface area contributed by atoms with Gasteiger partial charge in [-0.1, -0.05) is 33.6 Å². The van der Waals surface area contributed by atoms with Gasteiger partial charge in [-0.2, -0.15) is 0 Å². The van der Waals surface area contributed by atoms with Crippen molar-refractivity contribution in [3.63, 3.8) is 0 Å². The molecule has 3 atom stereocenters. The summed E-state index contributed by atoms with van der Waals surface area (Å²) < 4.78 is 0. The molecule has 2 amide bonds. The molecule has 0 aromatic heterocycles. The van der Waals surface area contributed by atoms with Gasteiger partial charge in [-0.05, 0) is 37.5 Å². The van der Waals surface area contributed by atoms with Gasteiger partial charge in [0, 0.05) is 6.54 Å². The van der Waals surface area contributed by atoms with Crippen LogP contribution in [0.4, 0.5) is 0 Å². The molecule has 3 unspecified atom stereocenters. The Morgan fingerprint density at radius 1 is 1.35 bits per heavy atom. The minimum Gasteiger partial charge on any atom is -0.342 e. The van der Waals surface area contributed by atoms with E-state index in [-0.39, 0.29) is 29.8 Å². The summed E-state index contributed by atoms with van der Waals surface area (Å²) in [5.74, 6) is 0.318. The largest absolute Gasteiger partial charge is 0.342 e. The molecule has 0 aromatic carbocycles. The minimum atomic E-state index is -0.332. The highest BCUT2D eigenvalue weighted by molar-refractivity contribution is 5.96. The van der Waals surface area contributed by atoms with E-state index >= 15 is 0 Å². The van der Waals surface area contributed by atoms with Crippen molar-refractivity contribution in [1.29, 1.82) is 0 Å². The van der Waals surface area contributed by atoms with E-state index in [0.717, 1.165) is 19.4 Å². The van der Waals surface area contributed by atoms with Crippen LogP contribution in [0, 0.1) is 11.3 Å². The Hall–Kier alpha value is -1.06. The lowest BCUT2D eigenvalue weighted by Crippen LogP contribution is -2.64. The predicted octanol–water partition coefficient (Wildman–Crippen LogP) is 2.33. The zero-order valence-corrected chi connectivity index (χ0v) is 13.2. The molecule has 0 aromatic rings. The fraction of sp³-hybridized carbons (Fsp3) is 0.875. The van der Waals surface area contributed by atoms with Gasteiger partial charge < -0.3 is 10.2 Å². The van der Waals surface area contributed by atoms with E-state index in [4.69, 9.17) is 0 Å². The number of nitrogens with one attached hydrogen (secondary N) is 1. The van der Waals surface area contributed by atoms with Crippen molar-refractivity contribution in [3.8, 4) is 0 Å². The molecule has 1 aliphatic heterocycles. The number of hydrogen-bond donors (Lipinski definition) is 1. The molecule has 4 nitrogen and oxygen atoms in total. The van der Waals surface area contributed by atoms with Crippen LogP contribution in [0.5, 0.6) is 0 Å². The van der Waals surface area contributed by atoms with Crippen LogP contribution in [-0.4, -0.2) is 35.3 Å². The number of carbonyl (C=O) groups is 2. The van der Waals surface area contributed by atoms with Crippen LogP contribution in [0.3, 0.4) is 0 Å². The summed E-state index contributed by atoms with van der Waals surface area (Å²) >= 11 is 0. The van der Waals surface area contributed by atoms with Gasteiger partial charge in [-0.3, -0.25) is 9.59 Å². The number of rotatable bonds is 6. The van der Waals surface area contributed by atoms with Crippen LogP contribution >= 0.6 is 0 Å². The smallest absolute Gasteiger partial charge is 0.246 e. The normalized spacial score (nSPS) is 30.1. The first-order chi connectivity index (χ1) is 9.44. The molecule has 1 heterocycles. The molecule has 2 aliphatic rings. The van der Waals surface area contributed by atoms with Crippen molar-refractivity contribution >= 4 is 11.8 Å². The molecule has 1 saturated carbocycles. The molecule has 4 heteroatoms. The van der Waals surface area contributed by atoms with Crippen LogP contribution in [0.1, 0.15) is 59.8 Å². The summed E-state index contributed by atoms with van der Waals surface area (Å²) in [6.07, 6.45) is 5.62. The summed E-state index contributed by atoms with van der Waals surface area (Å²) in [6.45, 7) is 8.90. The number of hydrogen-bond acceptors (Lipinski definition) is 2. The Balaban J connectivity index is 2.12. The number of piperazine rings is 1. The Bertz CT molecular complexity index is 390. The van der Waals surface area contributed by atoms with Gasteiger partial charge in [0.1, 0.15) is 12.1 Å². The third kappa shape index (κ3) is 2.84. The van der Waals surface area contributed by atoms with Crippen LogP contribution in [-0.2, 0) is 9.59 Å². The van der Waals surface area contributed by atoms with Gasteiger partial charge in [0.05, 0.1) is 0 Å². The maximum atomic E-state index is 12.7. The van der Waals surface area contributed by atoms with E-state index < -0.39 is 0 Å². The SMILES string of the molecule is CCCC1(CN2C(=O)C(C(C)CC)NC(=O)C2C)CC1. The standard InChI is InChI=1S/C16H28N2O2/c1-5-7-16(8-9-16)10-18-12(4)14(19)17-13(15(18)20)11(3)6-2/h11-13H,5-10H2,1-4H3,(H,17,19). The number of carbonyl (C=O) groups excluding carboxylic acids is 2. The van der Waals surface area contributed by atoms with Crippen LogP contribution in [0.2, 0.25) is 0 Å². The third-order valence-electron chi connectivity index (χ3n) is 5.15. The number of amides is 2. The molecule has 0 spiro atoms. The average Bonchev–Trinajstić information content (AvgIpc) is 3.18. The Labute approximate surface area is 122 Å². The van der Waals surface area contributed by atoms with E-state index in [1.807, 2.05) is 18.7 Å². The second-order valence-electron chi connectivity index (χ2n) is 6.76. The summed E-state index contributed by atoms with van der Waals surface area (Å²) in [7, 11) is 0. The molecule has 0 radical (unpaired) electrons. The second-order valence-corrected chi connectivity index (χ2v) is 6.76. The quantitative estimate of drug-likeness (QED) is 0.812. The first kappa shape index (κ1) is 15.3.